The van der Waals surface area contributed by atoms with Gasteiger partial charge in [0.15, 0.2) is 0 Å². The first-order valence-corrected chi connectivity index (χ1v) is 8.58. The summed E-state index contributed by atoms with van der Waals surface area (Å²) in [5.41, 5.74) is 1.08. The summed E-state index contributed by atoms with van der Waals surface area (Å²) >= 11 is 1.69. The van der Waals surface area contributed by atoms with Crippen LogP contribution in [0.15, 0.2) is 41.8 Å². The molecule has 1 aromatic carbocycles. The van der Waals surface area contributed by atoms with Crippen molar-refractivity contribution in [3.05, 3.63) is 52.2 Å². The summed E-state index contributed by atoms with van der Waals surface area (Å²) in [5, 5.41) is 5.08. The van der Waals surface area contributed by atoms with Gasteiger partial charge < -0.3 is 15.0 Å². The Kier molecular flexibility index (Phi) is 6.62. The van der Waals surface area contributed by atoms with Crippen molar-refractivity contribution in [1.29, 1.82) is 0 Å². The smallest absolute Gasteiger partial charge is 0.220 e. The molecule has 1 amide bonds. The Bertz CT molecular complexity index is 611. The second-order valence-corrected chi connectivity index (χ2v) is 6.64. The van der Waals surface area contributed by atoms with Crippen LogP contribution in [0.5, 0.6) is 5.75 Å². The molecular weight excluding hydrogens is 308 g/mol. The van der Waals surface area contributed by atoms with E-state index in [1.54, 1.807) is 18.4 Å². The summed E-state index contributed by atoms with van der Waals surface area (Å²) in [5.74, 6) is 0.930. The van der Waals surface area contributed by atoms with Gasteiger partial charge in [0.1, 0.15) is 5.75 Å². The molecule has 1 atom stereocenters. The van der Waals surface area contributed by atoms with Crippen LogP contribution in [0.2, 0.25) is 0 Å². The van der Waals surface area contributed by atoms with E-state index < -0.39 is 0 Å². The molecule has 4 nitrogen and oxygen atoms in total. The lowest BCUT2D eigenvalue weighted by Crippen LogP contribution is -2.34. The van der Waals surface area contributed by atoms with Crippen LogP contribution in [0.3, 0.4) is 0 Å². The number of carbonyl (C=O) groups excluding carboxylic acids is 1. The fraction of sp³-hybridized carbons (Fsp3) is 0.389. The largest absolute Gasteiger partial charge is 0.496 e. The Balaban J connectivity index is 1.93. The second-order valence-electron chi connectivity index (χ2n) is 5.60. The molecule has 0 saturated carbocycles. The van der Waals surface area contributed by atoms with E-state index in [0.717, 1.165) is 17.7 Å². The molecule has 1 aromatic heterocycles. The van der Waals surface area contributed by atoms with Gasteiger partial charge in [-0.05, 0) is 38.0 Å². The third-order valence-electron chi connectivity index (χ3n) is 3.79. The highest BCUT2D eigenvalue weighted by Crippen LogP contribution is 2.27. The normalized spacial score (nSPS) is 12.2. The number of hydrogen-bond donors (Lipinski definition) is 1. The molecular formula is C18H24N2O2S. The van der Waals surface area contributed by atoms with Gasteiger partial charge >= 0.3 is 0 Å². The Morgan fingerprint density at radius 2 is 2.04 bits per heavy atom. The molecule has 2 rings (SSSR count). The summed E-state index contributed by atoms with van der Waals surface area (Å²) in [7, 11) is 5.69. The molecule has 0 bridgehead atoms. The minimum atomic E-state index is 0.0804. The molecule has 0 radical (unpaired) electrons. The molecule has 1 N–H and O–H groups in total. The lowest BCUT2D eigenvalue weighted by molar-refractivity contribution is -0.121. The Labute approximate surface area is 142 Å². The Hall–Kier alpha value is -1.85. The van der Waals surface area contributed by atoms with Crippen molar-refractivity contribution in [2.75, 3.05) is 27.7 Å². The highest BCUT2D eigenvalue weighted by Gasteiger charge is 2.18. The molecule has 124 valence electrons. The highest BCUT2D eigenvalue weighted by molar-refractivity contribution is 7.09. The van der Waals surface area contributed by atoms with Crippen LogP contribution in [0.4, 0.5) is 0 Å². The monoisotopic (exact) mass is 332 g/mol. The quantitative estimate of drug-likeness (QED) is 0.807. The molecule has 23 heavy (non-hydrogen) atoms. The topological polar surface area (TPSA) is 41.6 Å². The lowest BCUT2D eigenvalue weighted by Gasteiger charge is -2.26. The summed E-state index contributed by atoms with van der Waals surface area (Å²) in [6.07, 6.45) is 1.32. The molecule has 5 heteroatoms. The number of hydrogen-bond acceptors (Lipinski definition) is 4. The van der Waals surface area contributed by atoms with Crippen molar-refractivity contribution in [2.24, 2.45) is 0 Å². The van der Waals surface area contributed by atoms with Crippen LogP contribution in [-0.4, -0.2) is 38.6 Å². The van der Waals surface area contributed by atoms with E-state index in [9.17, 15) is 4.79 Å². The summed E-state index contributed by atoms with van der Waals surface area (Å²) in [6, 6.07) is 12.1. The second kappa shape index (κ2) is 8.70. The van der Waals surface area contributed by atoms with Crippen LogP contribution >= 0.6 is 11.3 Å². The Morgan fingerprint density at radius 1 is 1.26 bits per heavy atom. The number of nitrogens with zero attached hydrogens (tertiary/aromatic N) is 1. The maximum absolute atomic E-state index is 12.1. The molecule has 0 fully saturated rings. The minimum Gasteiger partial charge on any atom is -0.496 e. The fourth-order valence-corrected chi connectivity index (χ4v) is 3.21. The zero-order valence-electron chi connectivity index (χ0n) is 13.9. The number of ether oxygens (including phenoxy) is 1. The van der Waals surface area contributed by atoms with E-state index in [2.05, 4.69) is 16.3 Å². The number of methoxy groups -OCH3 is 1. The van der Waals surface area contributed by atoms with Crippen molar-refractivity contribution >= 4 is 17.2 Å². The van der Waals surface area contributed by atoms with Crippen LogP contribution in [0.1, 0.15) is 22.9 Å². The number of rotatable bonds is 8. The van der Waals surface area contributed by atoms with E-state index in [1.165, 1.54) is 4.88 Å². The van der Waals surface area contributed by atoms with Crippen LogP contribution in [0, 0.1) is 0 Å². The number of benzene rings is 1. The number of para-hydroxylation sites is 1. The zero-order valence-corrected chi connectivity index (χ0v) is 14.7. The van der Waals surface area contributed by atoms with Crippen molar-refractivity contribution in [3.8, 4) is 5.75 Å². The van der Waals surface area contributed by atoms with Gasteiger partial charge in [0.25, 0.3) is 0 Å². The molecule has 1 heterocycles. The molecule has 0 aliphatic rings. The van der Waals surface area contributed by atoms with Gasteiger partial charge in [-0.3, -0.25) is 4.79 Å². The molecule has 0 aliphatic heterocycles. The number of aryl methyl sites for hydroxylation is 1. The molecule has 0 spiro atoms. The Morgan fingerprint density at radius 3 is 2.70 bits per heavy atom. The SMILES string of the molecule is COc1ccccc1C(CNC(=O)CCc1cccs1)N(C)C. The number of nitrogens with one attached hydrogen (secondary N) is 1. The maximum Gasteiger partial charge on any atom is 0.220 e. The van der Waals surface area contributed by atoms with Crippen molar-refractivity contribution < 1.29 is 9.53 Å². The van der Waals surface area contributed by atoms with Gasteiger partial charge in [0, 0.05) is 23.4 Å². The molecule has 2 aromatic rings. The fourth-order valence-electron chi connectivity index (χ4n) is 2.50. The van der Waals surface area contributed by atoms with Crippen molar-refractivity contribution in [2.45, 2.75) is 18.9 Å². The zero-order chi connectivity index (χ0) is 16.7. The van der Waals surface area contributed by atoms with Gasteiger partial charge in [-0.25, -0.2) is 0 Å². The van der Waals surface area contributed by atoms with Gasteiger partial charge in [-0.2, -0.15) is 0 Å². The van der Waals surface area contributed by atoms with Gasteiger partial charge in [0.05, 0.1) is 13.2 Å². The number of thiophene rings is 1. The van der Waals surface area contributed by atoms with E-state index >= 15 is 0 Å². The average molecular weight is 332 g/mol. The van der Waals surface area contributed by atoms with Gasteiger partial charge in [0.2, 0.25) is 5.91 Å². The van der Waals surface area contributed by atoms with Crippen LogP contribution < -0.4 is 10.1 Å². The van der Waals surface area contributed by atoms with E-state index in [4.69, 9.17) is 4.74 Å². The van der Waals surface area contributed by atoms with E-state index in [1.807, 2.05) is 49.8 Å². The van der Waals surface area contributed by atoms with Crippen LogP contribution in [-0.2, 0) is 11.2 Å². The van der Waals surface area contributed by atoms with Gasteiger partial charge in [-0.1, -0.05) is 24.3 Å². The maximum atomic E-state index is 12.1. The van der Waals surface area contributed by atoms with Crippen molar-refractivity contribution in [1.82, 2.24) is 10.2 Å². The van der Waals surface area contributed by atoms with Crippen molar-refractivity contribution in [3.63, 3.8) is 0 Å². The summed E-state index contributed by atoms with van der Waals surface area (Å²) in [6.45, 7) is 0.566. The number of amides is 1. The van der Waals surface area contributed by atoms with E-state index in [0.29, 0.717) is 13.0 Å². The summed E-state index contributed by atoms with van der Waals surface area (Å²) in [4.78, 5) is 15.4. The predicted molar refractivity (Wildman–Crippen MR) is 95.1 cm³/mol. The lowest BCUT2D eigenvalue weighted by atomic mass is 10.0. The highest BCUT2D eigenvalue weighted by atomic mass is 32.1. The van der Waals surface area contributed by atoms with Crippen LogP contribution in [0.25, 0.3) is 0 Å². The van der Waals surface area contributed by atoms with Gasteiger partial charge in [-0.15, -0.1) is 11.3 Å². The first-order valence-electron chi connectivity index (χ1n) is 7.70. The number of carbonyl (C=O) groups is 1. The first-order chi connectivity index (χ1) is 11.1. The molecule has 0 saturated heterocycles. The standard InChI is InChI=1S/C18H24N2O2S/c1-20(2)16(15-8-4-5-9-17(15)22-3)13-19-18(21)11-10-14-7-6-12-23-14/h4-9,12,16H,10-11,13H2,1-3H3,(H,19,21). The summed E-state index contributed by atoms with van der Waals surface area (Å²) < 4.78 is 5.44. The third kappa shape index (κ3) is 5.08. The predicted octanol–water partition coefficient (Wildman–Crippen LogP) is 3.11. The molecule has 0 aliphatic carbocycles. The average Bonchev–Trinajstić information content (AvgIpc) is 3.06. The van der Waals surface area contributed by atoms with E-state index in [-0.39, 0.29) is 11.9 Å². The third-order valence-corrected chi connectivity index (χ3v) is 4.73. The first kappa shape index (κ1) is 17.5. The minimum absolute atomic E-state index is 0.0804. The molecule has 1 unspecified atom stereocenters. The number of likely N-dealkylation sites (N-methyl/N-ethyl adjacent to an activating group) is 1.